The monoisotopic (exact) mass is 264 g/mol. The van der Waals surface area contributed by atoms with Crippen LogP contribution in [0.15, 0.2) is 0 Å². The van der Waals surface area contributed by atoms with E-state index in [0.29, 0.717) is 6.42 Å². The normalized spacial score (nSPS) is 22.3. The molecule has 0 saturated carbocycles. The SMILES string of the molecule is CCCCCCCCCC1(C)OC(=O)NC1=O.[Na+]. The molecule has 0 aromatic rings. The molecule has 1 saturated heterocycles. The van der Waals surface area contributed by atoms with Gasteiger partial charge in [-0.15, -0.1) is 0 Å². The summed E-state index contributed by atoms with van der Waals surface area (Å²) in [6.45, 7) is 3.89. The molecule has 18 heavy (non-hydrogen) atoms. The minimum atomic E-state index is -0.930. The number of amides is 2. The fraction of sp³-hybridized carbons (Fsp3) is 0.846. The quantitative estimate of drug-likeness (QED) is 0.502. The van der Waals surface area contributed by atoms with E-state index in [9.17, 15) is 9.59 Å². The van der Waals surface area contributed by atoms with Gasteiger partial charge in [-0.25, -0.2) is 4.79 Å². The molecule has 1 aliphatic rings. The van der Waals surface area contributed by atoms with Crippen LogP contribution in [0.4, 0.5) is 4.79 Å². The molecule has 1 fully saturated rings. The maximum absolute atomic E-state index is 11.5. The molecular formula is C13H23NNaO3+. The molecule has 0 aliphatic carbocycles. The van der Waals surface area contributed by atoms with Gasteiger partial charge in [-0.1, -0.05) is 45.4 Å². The van der Waals surface area contributed by atoms with Crippen molar-refractivity contribution in [3.05, 3.63) is 0 Å². The summed E-state index contributed by atoms with van der Waals surface area (Å²) in [5.74, 6) is -0.298. The van der Waals surface area contributed by atoms with Crippen LogP contribution >= 0.6 is 0 Å². The third kappa shape index (κ3) is 5.72. The smallest absolute Gasteiger partial charge is 0.433 e. The topological polar surface area (TPSA) is 55.4 Å². The van der Waals surface area contributed by atoms with Crippen LogP contribution in [0.2, 0.25) is 0 Å². The number of hydrogen-bond donors (Lipinski definition) is 1. The van der Waals surface area contributed by atoms with E-state index in [1.165, 1.54) is 32.1 Å². The number of nitrogens with one attached hydrogen (secondary N) is 1. The molecule has 0 spiro atoms. The van der Waals surface area contributed by atoms with Crippen LogP contribution in [0.25, 0.3) is 0 Å². The van der Waals surface area contributed by atoms with Crippen LogP contribution in [-0.2, 0) is 9.53 Å². The summed E-state index contributed by atoms with van der Waals surface area (Å²) in [5.41, 5.74) is -0.930. The molecule has 1 atom stereocenters. The van der Waals surface area contributed by atoms with Gasteiger partial charge in [-0.3, -0.25) is 10.1 Å². The van der Waals surface area contributed by atoms with Crippen molar-refractivity contribution in [3.63, 3.8) is 0 Å². The van der Waals surface area contributed by atoms with Crippen LogP contribution in [0, 0.1) is 0 Å². The van der Waals surface area contributed by atoms with Crippen LogP contribution < -0.4 is 34.9 Å². The second-order valence-electron chi connectivity index (χ2n) is 4.95. The van der Waals surface area contributed by atoms with Gasteiger partial charge in [0, 0.05) is 0 Å². The van der Waals surface area contributed by atoms with Crippen molar-refractivity contribution >= 4 is 12.0 Å². The van der Waals surface area contributed by atoms with Gasteiger partial charge in [-0.05, 0) is 19.8 Å². The fourth-order valence-electron chi connectivity index (χ4n) is 2.09. The molecule has 0 radical (unpaired) electrons. The van der Waals surface area contributed by atoms with E-state index in [-0.39, 0.29) is 35.5 Å². The summed E-state index contributed by atoms with van der Waals surface area (Å²) in [4.78, 5) is 22.4. The standard InChI is InChI=1S/C13H23NO3.Na/c1-3-4-5-6-7-8-9-10-13(2)11(15)14-12(16)17-13;/h3-10H2,1-2H3,(H,14,15,16);/q;+1. The predicted molar refractivity (Wildman–Crippen MR) is 65.6 cm³/mol. The van der Waals surface area contributed by atoms with Gasteiger partial charge in [0.15, 0.2) is 5.60 Å². The predicted octanol–water partition coefficient (Wildman–Crippen LogP) is 0.156. The number of unbranched alkanes of at least 4 members (excludes halogenated alkanes) is 6. The zero-order valence-corrected chi connectivity index (χ0v) is 13.9. The Morgan fingerprint density at radius 3 is 2.11 bits per heavy atom. The van der Waals surface area contributed by atoms with E-state index < -0.39 is 11.7 Å². The van der Waals surface area contributed by atoms with Crippen LogP contribution in [0.5, 0.6) is 0 Å². The van der Waals surface area contributed by atoms with Gasteiger partial charge < -0.3 is 4.74 Å². The van der Waals surface area contributed by atoms with Crippen molar-refractivity contribution in [2.24, 2.45) is 0 Å². The van der Waals surface area contributed by atoms with Gasteiger partial charge in [-0.2, -0.15) is 0 Å². The second kappa shape index (κ2) is 8.94. The van der Waals surface area contributed by atoms with E-state index >= 15 is 0 Å². The molecule has 0 bridgehead atoms. The van der Waals surface area contributed by atoms with Crippen molar-refractivity contribution in [2.75, 3.05) is 0 Å². The Bertz CT molecular complexity index is 283. The largest absolute Gasteiger partial charge is 1.00 e. The average molecular weight is 264 g/mol. The number of cyclic esters (lactones) is 1. The third-order valence-electron chi connectivity index (χ3n) is 3.27. The van der Waals surface area contributed by atoms with Gasteiger partial charge in [0.05, 0.1) is 0 Å². The zero-order chi connectivity index (χ0) is 12.7. The van der Waals surface area contributed by atoms with Crippen LogP contribution in [0.3, 0.4) is 0 Å². The van der Waals surface area contributed by atoms with Crippen LogP contribution in [-0.4, -0.2) is 17.6 Å². The summed E-state index contributed by atoms with van der Waals surface area (Å²) in [7, 11) is 0. The molecule has 1 N–H and O–H groups in total. The number of rotatable bonds is 8. The minimum absolute atomic E-state index is 0. The molecule has 2 amide bonds. The molecule has 0 aromatic heterocycles. The molecule has 98 valence electrons. The number of alkyl carbamates (subject to hydrolysis) is 1. The zero-order valence-electron chi connectivity index (χ0n) is 11.9. The number of hydrogen-bond acceptors (Lipinski definition) is 3. The van der Waals surface area contributed by atoms with Gasteiger partial charge in [0.2, 0.25) is 0 Å². The number of ether oxygens (including phenoxy) is 1. The van der Waals surface area contributed by atoms with Crippen molar-refractivity contribution in [3.8, 4) is 0 Å². The molecule has 0 aromatic carbocycles. The molecule has 5 heteroatoms. The van der Waals surface area contributed by atoms with Crippen molar-refractivity contribution in [2.45, 2.75) is 70.8 Å². The molecule has 1 rings (SSSR count). The van der Waals surface area contributed by atoms with Crippen molar-refractivity contribution in [1.29, 1.82) is 0 Å². The van der Waals surface area contributed by atoms with Crippen molar-refractivity contribution < 1.29 is 43.9 Å². The minimum Gasteiger partial charge on any atom is -0.433 e. The Labute approximate surface area is 132 Å². The third-order valence-corrected chi connectivity index (χ3v) is 3.27. The number of imide groups is 1. The van der Waals surface area contributed by atoms with E-state index in [2.05, 4.69) is 12.2 Å². The molecule has 1 heterocycles. The van der Waals surface area contributed by atoms with E-state index in [0.717, 1.165) is 12.8 Å². The molecule has 4 nitrogen and oxygen atoms in total. The Morgan fingerprint density at radius 1 is 1.06 bits per heavy atom. The molecule has 1 unspecified atom stereocenters. The number of carbonyl (C=O) groups is 2. The van der Waals surface area contributed by atoms with E-state index in [1.807, 2.05) is 0 Å². The Morgan fingerprint density at radius 2 is 1.61 bits per heavy atom. The van der Waals surface area contributed by atoms with E-state index in [1.54, 1.807) is 6.92 Å². The fourth-order valence-corrected chi connectivity index (χ4v) is 2.09. The van der Waals surface area contributed by atoms with Gasteiger partial charge in [0.25, 0.3) is 5.91 Å². The molecule has 1 aliphatic heterocycles. The van der Waals surface area contributed by atoms with Crippen LogP contribution in [0.1, 0.15) is 65.2 Å². The maximum Gasteiger partial charge on any atom is 1.00 e. The first-order valence-corrected chi connectivity index (χ1v) is 6.63. The summed E-state index contributed by atoms with van der Waals surface area (Å²) >= 11 is 0. The Kier molecular flexibility index (Phi) is 8.91. The Balaban J connectivity index is 0.00000289. The summed E-state index contributed by atoms with van der Waals surface area (Å²) in [5, 5.41) is 2.18. The Hall–Kier alpha value is -0.0600. The first kappa shape index (κ1) is 17.9. The summed E-state index contributed by atoms with van der Waals surface area (Å²) in [6.07, 6.45) is 8.36. The first-order valence-electron chi connectivity index (χ1n) is 6.63. The average Bonchev–Trinajstić information content (AvgIpc) is 2.52. The van der Waals surface area contributed by atoms with E-state index in [4.69, 9.17) is 4.74 Å². The first-order chi connectivity index (χ1) is 8.08. The molecular weight excluding hydrogens is 241 g/mol. The summed E-state index contributed by atoms with van der Waals surface area (Å²) < 4.78 is 5.01. The number of carbonyl (C=O) groups excluding carboxylic acids is 2. The second-order valence-corrected chi connectivity index (χ2v) is 4.95. The maximum atomic E-state index is 11.5. The van der Waals surface area contributed by atoms with Gasteiger partial charge >= 0.3 is 35.7 Å². The summed E-state index contributed by atoms with van der Waals surface area (Å²) in [6, 6.07) is 0. The van der Waals surface area contributed by atoms with Crippen molar-refractivity contribution in [1.82, 2.24) is 5.32 Å². The van der Waals surface area contributed by atoms with Gasteiger partial charge in [0.1, 0.15) is 0 Å².